The molecule has 0 aliphatic carbocycles. The number of rotatable bonds is 6. The van der Waals surface area contributed by atoms with E-state index in [1.165, 1.54) is 6.07 Å². The Hall–Kier alpha value is -2.74. The summed E-state index contributed by atoms with van der Waals surface area (Å²) in [6.07, 6.45) is 5.84. The van der Waals surface area contributed by atoms with E-state index in [0.717, 1.165) is 31.8 Å². The van der Waals surface area contributed by atoms with E-state index in [1.54, 1.807) is 18.3 Å². The zero-order valence-electron chi connectivity index (χ0n) is 14.1. The molecule has 2 aromatic rings. The van der Waals surface area contributed by atoms with Crippen molar-refractivity contribution in [1.29, 1.82) is 0 Å². The van der Waals surface area contributed by atoms with Crippen LogP contribution in [0.3, 0.4) is 0 Å². The van der Waals surface area contributed by atoms with Gasteiger partial charge in [0.1, 0.15) is 5.82 Å². The lowest BCUT2D eigenvalue weighted by Gasteiger charge is -2.25. The first-order valence-electron chi connectivity index (χ1n) is 8.24. The minimum atomic E-state index is -0.663. The summed E-state index contributed by atoms with van der Waals surface area (Å²) in [5.41, 5.74) is 5.93. The van der Waals surface area contributed by atoms with E-state index in [4.69, 9.17) is 5.73 Å². The van der Waals surface area contributed by atoms with Crippen molar-refractivity contribution in [2.24, 2.45) is 5.73 Å². The molecule has 1 saturated heterocycles. The molecule has 132 valence electrons. The molecule has 1 aliphatic heterocycles. The molecule has 8 nitrogen and oxygen atoms in total. The summed E-state index contributed by atoms with van der Waals surface area (Å²) in [5, 5.41) is 11.4. The topological polar surface area (TPSA) is 107 Å². The maximum absolute atomic E-state index is 11.4. The molecule has 0 unspecified atom stereocenters. The van der Waals surface area contributed by atoms with E-state index in [9.17, 15) is 14.9 Å². The third-order valence-electron chi connectivity index (χ3n) is 4.77. The van der Waals surface area contributed by atoms with Gasteiger partial charge >= 0.3 is 0 Å². The Labute approximate surface area is 145 Å². The van der Waals surface area contributed by atoms with Crippen LogP contribution in [0.5, 0.6) is 0 Å². The zero-order valence-corrected chi connectivity index (χ0v) is 14.1. The number of nitro benzene ring substituents is 1. The predicted octanol–water partition coefficient (Wildman–Crippen LogP) is 1.86. The van der Waals surface area contributed by atoms with E-state index in [-0.39, 0.29) is 11.3 Å². The van der Waals surface area contributed by atoms with Gasteiger partial charge < -0.3 is 10.3 Å². The van der Waals surface area contributed by atoms with Crippen molar-refractivity contribution in [3.05, 3.63) is 57.7 Å². The molecule has 2 heterocycles. The fourth-order valence-electron chi connectivity index (χ4n) is 3.37. The third kappa shape index (κ3) is 3.69. The average molecular weight is 343 g/mol. The minimum Gasteiger partial charge on any atom is -0.366 e. The number of amides is 1. The van der Waals surface area contributed by atoms with Crippen LogP contribution in [0, 0.1) is 17.0 Å². The van der Waals surface area contributed by atoms with Crippen LogP contribution in [0.25, 0.3) is 0 Å². The molecule has 1 aliphatic rings. The van der Waals surface area contributed by atoms with Gasteiger partial charge in [0.15, 0.2) is 0 Å². The molecule has 0 bridgehead atoms. The van der Waals surface area contributed by atoms with E-state index < -0.39 is 10.8 Å². The van der Waals surface area contributed by atoms with Crippen LogP contribution in [-0.2, 0) is 13.1 Å². The Bertz CT molecular complexity index is 801. The molecule has 0 spiro atoms. The zero-order chi connectivity index (χ0) is 18.0. The Balaban J connectivity index is 1.79. The number of imidazole rings is 1. The van der Waals surface area contributed by atoms with Gasteiger partial charge in [-0.2, -0.15) is 0 Å². The van der Waals surface area contributed by atoms with Gasteiger partial charge in [-0.3, -0.25) is 19.8 Å². The SMILES string of the molecule is Cc1nccn1C[C@H]1CCCN1Cc1ccc(C(N)=O)cc1[N+](=O)[O-]. The second-order valence-corrected chi connectivity index (χ2v) is 6.36. The van der Waals surface area contributed by atoms with Gasteiger partial charge in [0.05, 0.1) is 4.92 Å². The molecule has 0 radical (unpaired) electrons. The van der Waals surface area contributed by atoms with Gasteiger partial charge in [-0.1, -0.05) is 6.07 Å². The van der Waals surface area contributed by atoms with Crippen molar-refractivity contribution in [3.63, 3.8) is 0 Å². The largest absolute Gasteiger partial charge is 0.366 e. The van der Waals surface area contributed by atoms with Crippen LogP contribution in [0.15, 0.2) is 30.6 Å². The predicted molar refractivity (Wildman–Crippen MR) is 92.0 cm³/mol. The lowest BCUT2D eigenvalue weighted by Crippen LogP contribution is -2.33. The van der Waals surface area contributed by atoms with Crippen LogP contribution < -0.4 is 5.73 Å². The average Bonchev–Trinajstić information content (AvgIpc) is 3.17. The second kappa shape index (κ2) is 7.02. The van der Waals surface area contributed by atoms with Crippen LogP contribution in [0.1, 0.15) is 34.6 Å². The standard InChI is InChI=1S/C17H21N5O3/c1-12-19-6-8-20(12)11-15-3-2-7-21(15)10-14-5-4-13(17(18)23)9-16(14)22(24)25/h4-6,8-9,15H,2-3,7,10-11H2,1H3,(H2,18,23)/t15-/m1/s1. The highest BCUT2D eigenvalue weighted by atomic mass is 16.6. The van der Waals surface area contributed by atoms with Gasteiger partial charge in [0.25, 0.3) is 5.69 Å². The molecule has 3 rings (SSSR count). The molecule has 2 N–H and O–H groups in total. The van der Waals surface area contributed by atoms with Gasteiger partial charge in [0.2, 0.25) is 5.91 Å². The van der Waals surface area contributed by atoms with E-state index >= 15 is 0 Å². The number of nitrogens with two attached hydrogens (primary N) is 1. The fourth-order valence-corrected chi connectivity index (χ4v) is 3.37. The fraction of sp³-hybridized carbons (Fsp3) is 0.412. The lowest BCUT2D eigenvalue weighted by atomic mass is 10.1. The monoisotopic (exact) mass is 343 g/mol. The summed E-state index contributed by atoms with van der Waals surface area (Å²) in [6.45, 7) is 4.16. The van der Waals surface area contributed by atoms with Crippen LogP contribution in [-0.4, -0.2) is 37.9 Å². The van der Waals surface area contributed by atoms with Crippen LogP contribution >= 0.6 is 0 Å². The number of aryl methyl sites for hydroxylation is 1. The molecule has 8 heteroatoms. The molecule has 1 aromatic carbocycles. The van der Waals surface area contributed by atoms with E-state index in [1.807, 2.05) is 13.1 Å². The highest BCUT2D eigenvalue weighted by molar-refractivity contribution is 5.93. The summed E-state index contributed by atoms with van der Waals surface area (Å²) in [7, 11) is 0. The number of nitrogens with zero attached hydrogens (tertiary/aromatic N) is 4. The molecular formula is C17H21N5O3. The molecule has 1 fully saturated rings. The van der Waals surface area contributed by atoms with Gasteiger partial charge in [-0.15, -0.1) is 0 Å². The number of primary amides is 1. The quantitative estimate of drug-likeness (QED) is 0.636. The Morgan fingerprint density at radius 1 is 1.48 bits per heavy atom. The Kier molecular flexibility index (Phi) is 4.80. The third-order valence-corrected chi connectivity index (χ3v) is 4.77. The summed E-state index contributed by atoms with van der Waals surface area (Å²) in [4.78, 5) is 28.7. The Morgan fingerprint density at radius 3 is 2.92 bits per heavy atom. The number of hydrogen-bond acceptors (Lipinski definition) is 5. The van der Waals surface area contributed by atoms with Crippen LogP contribution in [0.4, 0.5) is 5.69 Å². The number of carbonyl (C=O) groups is 1. The molecule has 1 atom stereocenters. The van der Waals surface area contributed by atoms with Crippen molar-refractivity contribution in [2.45, 2.75) is 38.9 Å². The molecule has 0 saturated carbocycles. The van der Waals surface area contributed by atoms with Gasteiger partial charge in [0, 0.05) is 48.7 Å². The van der Waals surface area contributed by atoms with Crippen molar-refractivity contribution >= 4 is 11.6 Å². The number of aromatic nitrogens is 2. The van der Waals surface area contributed by atoms with Crippen LogP contribution in [0.2, 0.25) is 0 Å². The summed E-state index contributed by atoms with van der Waals surface area (Å²) in [6, 6.07) is 4.76. The summed E-state index contributed by atoms with van der Waals surface area (Å²) >= 11 is 0. The normalized spacial score (nSPS) is 17.7. The highest BCUT2D eigenvalue weighted by Gasteiger charge is 2.27. The van der Waals surface area contributed by atoms with Crippen molar-refractivity contribution in [2.75, 3.05) is 6.54 Å². The lowest BCUT2D eigenvalue weighted by molar-refractivity contribution is -0.385. The first-order valence-corrected chi connectivity index (χ1v) is 8.24. The number of nitro groups is 1. The summed E-state index contributed by atoms with van der Waals surface area (Å²) in [5.74, 6) is 0.299. The minimum absolute atomic E-state index is 0.0549. The number of hydrogen-bond donors (Lipinski definition) is 1. The number of benzene rings is 1. The summed E-state index contributed by atoms with van der Waals surface area (Å²) < 4.78 is 2.10. The second-order valence-electron chi connectivity index (χ2n) is 6.36. The first-order chi connectivity index (χ1) is 12.0. The highest BCUT2D eigenvalue weighted by Crippen LogP contribution is 2.27. The molecule has 1 amide bonds. The Morgan fingerprint density at radius 2 is 2.28 bits per heavy atom. The van der Waals surface area contributed by atoms with E-state index in [0.29, 0.717) is 18.2 Å². The smallest absolute Gasteiger partial charge is 0.274 e. The van der Waals surface area contributed by atoms with E-state index in [2.05, 4.69) is 14.5 Å². The first kappa shape index (κ1) is 17.1. The number of likely N-dealkylation sites (tertiary alicyclic amines) is 1. The molecule has 1 aromatic heterocycles. The molecular weight excluding hydrogens is 322 g/mol. The van der Waals surface area contributed by atoms with Gasteiger partial charge in [-0.05, 0) is 32.4 Å². The maximum Gasteiger partial charge on any atom is 0.274 e. The van der Waals surface area contributed by atoms with Gasteiger partial charge in [-0.25, -0.2) is 4.98 Å². The van der Waals surface area contributed by atoms with Crippen molar-refractivity contribution in [1.82, 2.24) is 14.5 Å². The number of carbonyl (C=O) groups excluding carboxylic acids is 1. The maximum atomic E-state index is 11.4. The van der Waals surface area contributed by atoms with Crippen molar-refractivity contribution in [3.8, 4) is 0 Å². The van der Waals surface area contributed by atoms with Crippen molar-refractivity contribution < 1.29 is 9.72 Å². The molecule has 25 heavy (non-hydrogen) atoms.